The van der Waals surface area contributed by atoms with Gasteiger partial charge in [-0.2, -0.15) is 0 Å². The third-order valence-corrected chi connectivity index (χ3v) is 3.03. The lowest BCUT2D eigenvalue weighted by Crippen LogP contribution is -2.34. The minimum atomic E-state index is -1.17. The van der Waals surface area contributed by atoms with E-state index in [1.165, 1.54) is 0 Å². The molecule has 2 N–H and O–H groups in total. The number of aromatic nitrogens is 1. The van der Waals surface area contributed by atoms with Crippen LogP contribution < -0.4 is 5.11 Å². The number of aromatic amines is 1. The molecule has 0 amide bonds. The Morgan fingerprint density at radius 1 is 1.41 bits per heavy atom. The van der Waals surface area contributed by atoms with Gasteiger partial charge in [-0.3, -0.25) is 4.99 Å². The number of aliphatic carboxylic acids is 1. The zero-order valence-electron chi connectivity index (χ0n) is 12.8. The first-order valence-corrected chi connectivity index (χ1v) is 6.98. The maximum atomic E-state index is 11.7. The number of benzene rings is 1. The second-order valence-electron chi connectivity index (χ2n) is 6.03. The zero-order valence-corrected chi connectivity index (χ0v) is 12.8. The van der Waals surface area contributed by atoms with Crippen molar-refractivity contribution < 1.29 is 19.7 Å². The molecule has 0 radical (unpaired) electrons. The van der Waals surface area contributed by atoms with E-state index in [1.807, 2.05) is 24.3 Å². The van der Waals surface area contributed by atoms with Crippen LogP contribution in [0.25, 0.3) is 10.9 Å². The third kappa shape index (κ3) is 4.00. The molecule has 0 saturated heterocycles. The number of ether oxygens (including phenoxy) is 1. The highest BCUT2D eigenvalue weighted by Gasteiger charge is 2.19. The molecule has 2 rings (SSSR count). The molecular weight excluding hydrogens is 284 g/mol. The summed E-state index contributed by atoms with van der Waals surface area (Å²) in [5, 5.41) is 21.9. The van der Waals surface area contributed by atoms with Gasteiger partial charge in [0, 0.05) is 29.1 Å². The van der Waals surface area contributed by atoms with E-state index >= 15 is 0 Å². The van der Waals surface area contributed by atoms with Crippen LogP contribution in [-0.4, -0.2) is 33.8 Å². The fourth-order valence-electron chi connectivity index (χ4n) is 2.11. The van der Waals surface area contributed by atoms with Gasteiger partial charge in [-0.15, -0.1) is 0 Å². The van der Waals surface area contributed by atoms with Gasteiger partial charge in [0.1, 0.15) is 6.08 Å². The molecule has 0 bridgehead atoms. The molecule has 0 aliphatic heterocycles. The van der Waals surface area contributed by atoms with E-state index in [0.717, 1.165) is 16.5 Å². The van der Waals surface area contributed by atoms with Gasteiger partial charge in [-0.1, -0.05) is 39.0 Å². The average molecular weight is 303 g/mol. The number of rotatable bonds is 4. The Labute approximate surface area is 128 Å². The number of carboxylic acids is 1. The van der Waals surface area contributed by atoms with Gasteiger partial charge >= 0.3 is 5.97 Å². The largest absolute Gasteiger partial charge is 0.595 e. The van der Waals surface area contributed by atoms with Crippen LogP contribution in [-0.2, 0) is 16.0 Å². The van der Waals surface area contributed by atoms with Crippen molar-refractivity contribution in [2.75, 3.05) is 0 Å². The van der Waals surface area contributed by atoms with Crippen molar-refractivity contribution in [3.63, 3.8) is 0 Å². The van der Waals surface area contributed by atoms with Crippen LogP contribution >= 0.6 is 0 Å². The van der Waals surface area contributed by atoms with Gasteiger partial charge in [-0.25, -0.2) is 4.79 Å². The lowest BCUT2D eigenvalue weighted by atomic mass is 10.1. The summed E-state index contributed by atoms with van der Waals surface area (Å²) in [6, 6.07) is 6.39. The first kappa shape index (κ1) is 15.9. The molecule has 0 fully saturated rings. The lowest BCUT2D eigenvalue weighted by Gasteiger charge is -2.30. The molecule has 1 aromatic carbocycles. The smallest absolute Gasteiger partial charge is 0.328 e. The first-order chi connectivity index (χ1) is 10.3. The maximum absolute atomic E-state index is 11.7. The van der Waals surface area contributed by atoms with Gasteiger partial charge in [-0.05, 0) is 11.6 Å². The van der Waals surface area contributed by atoms with Gasteiger partial charge in [0.05, 0.1) is 0 Å². The molecule has 0 aliphatic carbocycles. The summed E-state index contributed by atoms with van der Waals surface area (Å²) >= 11 is 0. The van der Waals surface area contributed by atoms with Crippen LogP contribution in [0.3, 0.4) is 0 Å². The van der Waals surface area contributed by atoms with E-state index in [-0.39, 0.29) is 6.42 Å². The summed E-state index contributed by atoms with van der Waals surface area (Å²) in [5.74, 6) is -1.16. The van der Waals surface area contributed by atoms with E-state index in [0.29, 0.717) is 0 Å². The van der Waals surface area contributed by atoms with Crippen molar-refractivity contribution >= 4 is 23.0 Å². The predicted molar refractivity (Wildman–Crippen MR) is 81.7 cm³/mol. The molecule has 6 nitrogen and oxygen atoms in total. The summed E-state index contributed by atoms with van der Waals surface area (Å²) in [5.41, 5.74) is 1.01. The van der Waals surface area contributed by atoms with Gasteiger partial charge in [0.25, 0.3) is 0 Å². The van der Waals surface area contributed by atoms with E-state index < -0.39 is 23.7 Å². The Hall–Kier alpha value is -2.50. The van der Waals surface area contributed by atoms with E-state index in [2.05, 4.69) is 9.98 Å². The van der Waals surface area contributed by atoms with Crippen LogP contribution in [0.5, 0.6) is 0 Å². The van der Waals surface area contributed by atoms with Crippen molar-refractivity contribution in [1.29, 1.82) is 0 Å². The normalized spacial score (nSPS) is 14.0. The van der Waals surface area contributed by atoms with Crippen LogP contribution in [0.2, 0.25) is 0 Å². The number of hydrogen-bond donors (Lipinski definition) is 2. The van der Waals surface area contributed by atoms with E-state index in [4.69, 9.17) is 4.74 Å². The molecule has 1 aromatic heterocycles. The molecule has 118 valence electrons. The topological polar surface area (TPSA) is 97.7 Å². The van der Waals surface area contributed by atoms with E-state index in [9.17, 15) is 15.0 Å². The Bertz CT molecular complexity index is 697. The highest BCUT2D eigenvalue weighted by molar-refractivity contribution is 5.84. The fourth-order valence-corrected chi connectivity index (χ4v) is 2.11. The molecule has 0 saturated carbocycles. The minimum absolute atomic E-state index is 0.124. The number of nitrogens with one attached hydrogen (secondary N) is 1. The summed E-state index contributed by atoms with van der Waals surface area (Å²) in [6.07, 6.45) is 1.00. The average Bonchev–Trinajstić information content (AvgIpc) is 2.79. The van der Waals surface area contributed by atoms with Crippen molar-refractivity contribution in [3.05, 3.63) is 36.0 Å². The number of hydrogen-bond acceptors (Lipinski definition) is 4. The molecule has 22 heavy (non-hydrogen) atoms. The number of fused-ring (bicyclic) bond motifs is 1. The minimum Gasteiger partial charge on any atom is -0.595 e. The lowest BCUT2D eigenvalue weighted by molar-refractivity contribution is -0.261. The Morgan fingerprint density at radius 3 is 2.73 bits per heavy atom. The van der Waals surface area contributed by atoms with Crippen molar-refractivity contribution in [1.82, 2.24) is 4.98 Å². The number of nitrogens with zero attached hydrogens (tertiary/aromatic N) is 1. The molecule has 0 aliphatic rings. The van der Waals surface area contributed by atoms with Crippen LogP contribution in [0.15, 0.2) is 35.5 Å². The maximum Gasteiger partial charge on any atom is 0.328 e. The SMILES string of the molecule is CC(C)(C)OC([O-])=NC(Cc1c[nH]c2ccccc12)C(=O)O. The number of carbonyl (C=O) groups is 1. The van der Waals surface area contributed by atoms with Crippen molar-refractivity contribution in [2.24, 2.45) is 4.99 Å². The Balaban J connectivity index is 2.22. The molecular formula is C16H19N2O4-. The first-order valence-electron chi connectivity index (χ1n) is 6.98. The molecule has 1 heterocycles. The highest BCUT2D eigenvalue weighted by Crippen LogP contribution is 2.20. The fraction of sp³-hybridized carbons (Fsp3) is 0.375. The Morgan fingerprint density at radius 2 is 2.09 bits per heavy atom. The predicted octanol–water partition coefficient (Wildman–Crippen LogP) is 1.69. The molecule has 1 atom stereocenters. The standard InChI is InChI=1S/C16H20N2O4/c1-16(2,3)22-15(21)18-13(14(19)20)8-10-9-17-12-7-5-4-6-11(10)12/h4-7,9,13,17H,8H2,1-3H3,(H,18,21)(H,19,20)/p-1. The number of carboxylic acid groups (broad SMARTS) is 1. The monoisotopic (exact) mass is 303 g/mol. The molecule has 6 heteroatoms. The number of H-pyrrole nitrogens is 1. The van der Waals surface area contributed by atoms with E-state index in [1.54, 1.807) is 27.0 Å². The van der Waals surface area contributed by atoms with Crippen LogP contribution in [0.1, 0.15) is 26.3 Å². The number of para-hydroxylation sites is 1. The molecule has 1 unspecified atom stereocenters. The summed E-state index contributed by atoms with van der Waals surface area (Å²) in [7, 11) is 0. The number of aliphatic imine (C=N–C) groups is 1. The highest BCUT2D eigenvalue weighted by atomic mass is 16.6. The summed E-state index contributed by atoms with van der Waals surface area (Å²) < 4.78 is 5.05. The van der Waals surface area contributed by atoms with Crippen LogP contribution in [0.4, 0.5) is 0 Å². The Kier molecular flexibility index (Phi) is 4.40. The molecule has 2 aromatic rings. The summed E-state index contributed by atoms with van der Waals surface area (Å²) in [4.78, 5) is 18.1. The van der Waals surface area contributed by atoms with Crippen molar-refractivity contribution in [2.45, 2.75) is 38.8 Å². The zero-order chi connectivity index (χ0) is 16.3. The second-order valence-corrected chi connectivity index (χ2v) is 6.03. The van der Waals surface area contributed by atoms with Gasteiger partial charge < -0.3 is 19.9 Å². The quantitative estimate of drug-likeness (QED) is 0.663. The molecule has 0 spiro atoms. The van der Waals surface area contributed by atoms with Gasteiger partial charge in [0.2, 0.25) is 0 Å². The third-order valence-electron chi connectivity index (χ3n) is 3.03. The van der Waals surface area contributed by atoms with Gasteiger partial charge in [0.15, 0.2) is 6.04 Å². The van der Waals surface area contributed by atoms with Crippen LogP contribution in [0, 0.1) is 0 Å². The van der Waals surface area contributed by atoms with Crippen molar-refractivity contribution in [3.8, 4) is 0 Å². The second kappa shape index (κ2) is 6.09. The summed E-state index contributed by atoms with van der Waals surface area (Å²) in [6.45, 7) is 5.11.